The van der Waals surface area contributed by atoms with Crippen molar-refractivity contribution >= 4 is 28.8 Å². The minimum absolute atomic E-state index is 0.0134. The molecular formula is C20H25F3N2O4S. The maximum absolute atomic E-state index is 14.0. The Hall–Kier alpha value is -2.17. The van der Waals surface area contributed by atoms with Gasteiger partial charge in [0.25, 0.3) is 5.91 Å². The monoisotopic (exact) mass is 446 g/mol. The molecule has 1 aromatic carbocycles. The molecule has 0 radical (unpaired) electrons. The Morgan fingerprint density at radius 3 is 2.60 bits per heavy atom. The number of nitrogens with one attached hydrogen (secondary N) is 1. The summed E-state index contributed by atoms with van der Waals surface area (Å²) in [5.74, 6) is -1.97. The topological polar surface area (TPSA) is 82.0 Å². The number of carbonyl (C=O) groups excluding carboxylic acids is 1. The van der Waals surface area contributed by atoms with E-state index in [9.17, 15) is 28.2 Å². The zero-order valence-corrected chi connectivity index (χ0v) is 17.9. The van der Waals surface area contributed by atoms with Gasteiger partial charge in [-0.25, -0.2) is 13.2 Å². The molecule has 1 amide bonds. The lowest BCUT2D eigenvalue weighted by Crippen LogP contribution is -2.53. The van der Waals surface area contributed by atoms with E-state index in [1.54, 1.807) is 27.7 Å². The minimum atomic E-state index is -2.79. The number of rotatable bonds is 6. The summed E-state index contributed by atoms with van der Waals surface area (Å²) in [6, 6.07) is 3.10. The summed E-state index contributed by atoms with van der Waals surface area (Å²) in [5.41, 5.74) is -1.40. The first-order valence-electron chi connectivity index (χ1n) is 9.29. The molecule has 0 fully saturated rings. The highest BCUT2D eigenvalue weighted by Gasteiger charge is 2.39. The normalized spacial score (nSPS) is 18.8. The number of hydrogen-bond acceptors (Lipinski definition) is 5. The maximum Gasteiger partial charge on any atom is 0.264 e. The highest BCUT2D eigenvalue weighted by atomic mass is 32.1. The van der Waals surface area contributed by atoms with Gasteiger partial charge in [0.15, 0.2) is 0 Å². The molecule has 1 unspecified atom stereocenters. The second-order valence-corrected chi connectivity index (χ2v) is 8.37. The van der Waals surface area contributed by atoms with Crippen LogP contribution in [-0.4, -0.2) is 50.5 Å². The number of nitrogens with zero attached hydrogens (tertiary/aromatic N) is 1. The number of amides is 1. The lowest BCUT2D eigenvalue weighted by Gasteiger charge is -2.39. The molecule has 10 heteroatoms. The number of carbonyl (C=O) groups is 1. The van der Waals surface area contributed by atoms with Gasteiger partial charge in [-0.1, -0.05) is 18.3 Å². The molecule has 0 aromatic heterocycles. The van der Waals surface area contributed by atoms with Gasteiger partial charge in [0.1, 0.15) is 22.1 Å². The average molecular weight is 446 g/mol. The molecule has 2 rings (SSSR count). The Morgan fingerprint density at radius 1 is 1.40 bits per heavy atom. The number of anilines is 1. The SMILES string of the molecule is C[C@@H]1CC(O)=C(C(=S)Nc2cccc(F)c2CC(F)F)C(=O)N1C(O)OC(C)(C)C. The van der Waals surface area contributed by atoms with Crippen molar-refractivity contribution in [2.45, 2.75) is 65.0 Å². The van der Waals surface area contributed by atoms with Crippen LogP contribution >= 0.6 is 12.2 Å². The summed E-state index contributed by atoms with van der Waals surface area (Å²) in [4.78, 5) is 13.7. The smallest absolute Gasteiger partial charge is 0.264 e. The Kier molecular flexibility index (Phi) is 7.49. The predicted octanol–water partition coefficient (Wildman–Crippen LogP) is 3.90. The molecule has 30 heavy (non-hydrogen) atoms. The molecule has 1 aromatic rings. The molecule has 1 heterocycles. The van der Waals surface area contributed by atoms with E-state index >= 15 is 0 Å². The zero-order chi connectivity index (χ0) is 22.8. The summed E-state index contributed by atoms with van der Waals surface area (Å²) >= 11 is 5.21. The number of thiocarbonyl (C=S) groups is 1. The molecule has 6 nitrogen and oxygen atoms in total. The highest BCUT2D eigenvalue weighted by molar-refractivity contribution is 7.81. The Labute approximate surface area is 178 Å². The first kappa shape index (κ1) is 24.1. The Morgan fingerprint density at radius 2 is 2.03 bits per heavy atom. The second-order valence-electron chi connectivity index (χ2n) is 7.96. The Bertz CT molecular complexity index is 855. The molecule has 0 aliphatic carbocycles. The van der Waals surface area contributed by atoms with Gasteiger partial charge >= 0.3 is 0 Å². The molecule has 2 atom stereocenters. The van der Waals surface area contributed by atoms with Crippen LogP contribution in [0.3, 0.4) is 0 Å². The van der Waals surface area contributed by atoms with Gasteiger partial charge in [-0.15, -0.1) is 0 Å². The van der Waals surface area contributed by atoms with Crippen LogP contribution in [0.5, 0.6) is 0 Å². The van der Waals surface area contributed by atoms with Crippen LogP contribution in [0.15, 0.2) is 29.5 Å². The van der Waals surface area contributed by atoms with Crippen molar-refractivity contribution < 1.29 is 32.9 Å². The standard InChI is InChI=1S/C20H25F3N2O4S/c1-10-8-14(26)16(18(27)25(10)19(28)29-20(2,3)4)17(30)24-13-7-5-6-12(21)11(13)9-15(22)23/h5-7,10,15,19,26,28H,8-9H2,1-4H3,(H,24,30)/t10-,19?/m1/s1. The number of alkyl halides is 2. The zero-order valence-electron chi connectivity index (χ0n) is 17.1. The lowest BCUT2D eigenvalue weighted by atomic mass is 10.0. The summed E-state index contributed by atoms with van der Waals surface area (Å²) in [6.45, 7) is 6.71. The van der Waals surface area contributed by atoms with Crippen LogP contribution in [-0.2, 0) is 16.0 Å². The van der Waals surface area contributed by atoms with Crippen LogP contribution in [0.25, 0.3) is 0 Å². The van der Waals surface area contributed by atoms with E-state index in [1.165, 1.54) is 12.1 Å². The molecular weight excluding hydrogens is 421 g/mol. The third kappa shape index (κ3) is 5.71. The van der Waals surface area contributed by atoms with Crippen molar-refractivity contribution in [3.05, 3.63) is 40.9 Å². The van der Waals surface area contributed by atoms with Gasteiger partial charge in [0.2, 0.25) is 12.8 Å². The molecule has 0 saturated heterocycles. The van der Waals surface area contributed by atoms with Crippen molar-refractivity contribution in [1.82, 2.24) is 4.90 Å². The van der Waals surface area contributed by atoms with Crippen molar-refractivity contribution in [2.75, 3.05) is 5.32 Å². The van der Waals surface area contributed by atoms with E-state index in [2.05, 4.69) is 5.32 Å². The molecule has 0 bridgehead atoms. The van der Waals surface area contributed by atoms with Crippen LogP contribution in [0, 0.1) is 5.82 Å². The summed E-state index contributed by atoms with van der Waals surface area (Å²) in [6.07, 6.45) is -5.25. The number of aliphatic hydroxyl groups is 2. The molecule has 0 spiro atoms. The van der Waals surface area contributed by atoms with Gasteiger partial charge in [-0.2, -0.15) is 0 Å². The van der Waals surface area contributed by atoms with Gasteiger partial charge in [0.05, 0.1) is 5.60 Å². The quantitative estimate of drug-likeness (QED) is 0.454. The maximum atomic E-state index is 14.0. The molecule has 3 N–H and O–H groups in total. The van der Waals surface area contributed by atoms with Gasteiger partial charge in [0, 0.05) is 30.1 Å². The van der Waals surface area contributed by atoms with Gasteiger partial charge in [-0.05, 0) is 39.8 Å². The number of hydrogen-bond donors (Lipinski definition) is 3. The van der Waals surface area contributed by atoms with E-state index in [0.717, 1.165) is 11.0 Å². The lowest BCUT2D eigenvalue weighted by molar-refractivity contribution is -0.242. The Balaban J connectivity index is 2.32. The first-order valence-corrected chi connectivity index (χ1v) is 9.70. The van der Waals surface area contributed by atoms with E-state index < -0.39 is 42.6 Å². The predicted molar refractivity (Wildman–Crippen MR) is 110 cm³/mol. The number of halogens is 3. The fraction of sp³-hybridized carbons (Fsp3) is 0.500. The summed E-state index contributed by atoms with van der Waals surface area (Å²) in [7, 11) is 0. The number of benzene rings is 1. The van der Waals surface area contributed by atoms with Crippen molar-refractivity contribution in [2.24, 2.45) is 0 Å². The third-order valence-electron chi connectivity index (χ3n) is 4.35. The van der Waals surface area contributed by atoms with Crippen LogP contribution in [0.4, 0.5) is 18.9 Å². The van der Waals surface area contributed by atoms with Crippen molar-refractivity contribution in [1.29, 1.82) is 0 Å². The van der Waals surface area contributed by atoms with Crippen molar-refractivity contribution in [3.63, 3.8) is 0 Å². The van der Waals surface area contributed by atoms with E-state index in [4.69, 9.17) is 17.0 Å². The van der Waals surface area contributed by atoms with E-state index in [-0.39, 0.29) is 34.0 Å². The fourth-order valence-corrected chi connectivity index (χ4v) is 3.39. The summed E-state index contributed by atoms with van der Waals surface area (Å²) < 4.78 is 45.1. The van der Waals surface area contributed by atoms with Crippen LogP contribution < -0.4 is 5.32 Å². The number of aliphatic hydroxyl groups excluding tert-OH is 2. The van der Waals surface area contributed by atoms with Crippen molar-refractivity contribution in [3.8, 4) is 0 Å². The molecule has 1 aliphatic heterocycles. The van der Waals surface area contributed by atoms with E-state index in [1.807, 2.05) is 0 Å². The molecule has 0 saturated carbocycles. The third-order valence-corrected chi connectivity index (χ3v) is 4.66. The van der Waals surface area contributed by atoms with Gasteiger partial charge in [-0.3, -0.25) is 9.69 Å². The van der Waals surface area contributed by atoms with E-state index in [0.29, 0.717) is 0 Å². The van der Waals surface area contributed by atoms with Gasteiger partial charge < -0.3 is 20.3 Å². The fourth-order valence-electron chi connectivity index (χ4n) is 3.07. The van der Waals surface area contributed by atoms with Crippen LogP contribution in [0.1, 0.15) is 39.7 Å². The molecule has 166 valence electrons. The first-order chi connectivity index (χ1) is 13.8. The highest BCUT2D eigenvalue weighted by Crippen LogP contribution is 2.29. The van der Waals surface area contributed by atoms with Crippen LogP contribution in [0.2, 0.25) is 0 Å². The number of ether oxygens (including phenoxy) is 1. The molecule has 1 aliphatic rings. The second kappa shape index (κ2) is 9.32. The largest absolute Gasteiger partial charge is 0.511 e. The minimum Gasteiger partial charge on any atom is -0.511 e. The average Bonchev–Trinajstić information content (AvgIpc) is 2.55. The summed E-state index contributed by atoms with van der Waals surface area (Å²) in [5, 5.41) is 23.3.